The highest BCUT2D eigenvalue weighted by atomic mass is 19.4. The molecular formula is C14H12F6O2. The third-order valence-electron chi connectivity index (χ3n) is 2.49. The molecule has 0 radical (unpaired) electrons. The summed E-state index contributed by atoms with van der Waals surface area (Å²) in [5.74, 6) is 0.210. The zero-order chi connectivity index (χ0) is 17.0. The Hall–Kier alpha value is -2.12. The average Bonchev–Trinajstić information content (AvgIpc) is 2.40. The van der Waals surface area contributed by atoms with Crippen LogP contribution in [-0.4, -0.2) is 26.6 Å². The van der Waals surface area contributed by atoms with Crippen LogP contribution in [-0.2, 0) is 0 Å². The molecule has 2 nitrogen and oxygen atoms in total. The van der Waals surface area contributed by atoms with Crippen LogP contribution >= 0.6 is 0 Å². The van der Waals surface area contributed by atoms with Crippen LogP contribution in [0.15, 0.2) is 24.3 Å². The van der Waals surface area contributed by atoms with Crippen molar-refractivity contribution in [3.05, 3.63) is 35.4 Å². The molecule has 0 N–H and O–H groups in total. The van der Waals surface area contributed by atoms with E-state index in [0.29, 0.717) is 12.2 Å². The van der Waals surface area contributed by atoms with Crippen LogP contribution in [0.3, 0.4) is 0 Å². The highest BCUT2D eigenvalue weighted by molar-refractivity contribution is 5.70. The van der Waals surface area contributed by atoms with Gasteiger partial charge in [0.05, 0.1) is 14.2 Å². The van der Waals surface area contributed by atoms with Crippen LogP contribution < -0.4 is 9.47 Å². The SMILES string of the molecule is COc1cc(/C=C/C(F)(F)F)c(/C=C/C(F)(F)F)cc1OC. The second-order valence-electron chi connectivity index (χ2n) is 4.09. The monoisotopic (exact) mass is 326 g/mol. The molecule has 1 rings (SSSR count). The lowest BCUT2D eigenvalue weighted by Crippen LogP contribution is -2.02. The number of methoxy groups -OCH3 is 2. The number of hydrogen-bond donors (Lipinski definition) is 0. The molecule has 0 saturated carbocycles. The van der Waals surface area contributed by atoms with Gasteiger partial charge in [0.2, 0.25) is 0 Å². The van der Waals surface area contributed by atoms with E-state index in [1.54, 1.807) is 0 Å². The third kappa shape index (κ3) is 5.71. The number of rotatable bonds is 4. The van der Waals surface area contributed by atoms with Gasteiger partial charge in [0.25, 0.3) is 0 Å². The molecule has 122 valence electrons. The highest BCUT2D eigenvalue weighted by Crippen LogP contribution is 2.33. The summed E-state index contributed by atoms with van der Waals surface area (Å²) in [5, 5.41) is 0. The molecule has 0 aliphatic carbocycles. The van der Waals surface area contributed by atoms with Gasteiger partial charge >= 0.3 is 12.4 Å². The van der Waals surface area contributed by atoms with Crippen molar-refractivity contribution in [3.63, 3.8) is 0 Å². The second kappa shape index (κ2) is 6.76. The molecule has 0 spiro atoms. The topological polar surface area (TPSA) is 18.5 Å². The van der Waals surface area contributed by atoms with Crippen molar-refractivity contribution in [3.8, 4) is 11.5 Å². The fraction of sp³-hybridized carbons (Fsp3) is 0.286. The largest absolute Gasteiger partial charge is 0.493 e. The lowest BCUT2D eigenvalue weighted by atomic mass is 10.0. The minimum Gasteiger partial charge on any atom is -0.493 e. The molecule has 1 aromatic rings. The Kier molecular flexibility index (Phi) is 5.51. The summed E-state index contributed by atoms with van der Waals surface area (Å²) >= 11 is 0. The fourth-order valence-electron chi connectivity index (χ4n) is 1.57. The van der Waals surface area contributed by atoms with Gasteiger partial charge < -0.3 is 9.47 Å². The van der Waals surface area contributed by atoms with Crippen molar-refractivity contribution in [1.82, 2.24) is 0 Å². The van der Waals surface area contributed by atoms with E-state index in [1.165, 1.54) is 14.2 Å². The Morgan fingerprint density at radius 3 is 1.27 bits per heavy atom. The maximum Gasteiger partial charge on any atom is 0.409 e. The Balaban J connectivity index is 3.37. The van der Waals surface area contributed by atoms with E-state index in [2.05, 4.69) is 0 Å². The Labute approximate surface area is 122 Å². The summed E-state index contributed by atoms with van der Waals surface area (Å²) < 4.78 is 83.3. The maximum atomic E-state index is 12.2. The zero-order valence-electron chi connectivity index (χ0n) is 11.5. The predicted octanol–water partition coefficient (Wildman–Crippen LogP) is 4.85. The van der Waals surface area contributed by atoms with Gasteiger partial charge in [0.15, 0.2) is 11.5 Å². The molecule has 0 bridgehead atoms. The van der Waals surface area contributed by atoms with Gasteiger partial charge in [-0.3, -0.25) is 0 Å². The predicted molar refractivity (Wildman–Crippen MR) is 69.7 cm³/mol. The number of hydrogen-bond acceptors (Lipinski definition) is 2. The second-order valence-corrected chi connectivity index (χ2v) is 4.09. The molecule has 1 aromatic carbocycles. The molecule has 0 fully saturated rings. The number of ether oxygens (including phenoxy) is 2. The molecular weight excluding hydrogens is 314 g/mol. The van der Waals surface area contributed by atoms with Gasteiger partial charge in [0.1, 0.15) is 0 Å². The minimum atomic E-state index is -4.59. The summed E-state index contributed by atoms with van der Waals surface area (Å²) in [4.78, 5) is 0. The van der Waals surface area contributed by atoms with E-state index in [9.17, 15) is 26.3 Å². The number of alkyl halides is 6. The Morgan fingerprint density at radius 2 is 1.05 bits per heavy atom. The third-order valence-corrected chi connectivity index (χ3v) is 2.49. The van der Waals surface area contributed by atoms with Crippen LogP contribution in [0.5, 0.6) is 11.5 Å². The molecule has 0 heterocycles. The van der Waals surface area contributed by atoms with E-state index in [-0.39, 0.29) is 34.8 Å². The first-order chi connectivity index (χ1) is 10.1. The van der Waals surface area contributed by atoms with Crippen molar-refractivity contribution in [2.24, 2.45) is 0 Å². The summed E-state index contributed by atoms with van der Waals surface area (Å²) in [5.41, 5.74) is -0.175. The van der Waals surface area contributed by atoms with Crippen LogP contribution in [0.25, 0.3) is 12.2 Å². The number of allylic oxidation sites excluding steroid dienone is 2. The lowest BCUT2D eigenvalue weighted by molar-refractivity contribution is -0.0801. The molecule has 0 amide bonds. The van der Waals surface area contributed by atoms with E-state index < -0.39 is 12.4 Å². The molecule has 0 atom stereocenters. The summed E-state index contributed by atoms with van der Waals surface area (Å²) in [7, 11) is 2.53. The standard InChI is InChI=1S/C14H12F6O2/c1-21-11-7-9(3-5-13(15,16)17)10(8-12(11)22-2)4-6-14(18,19)20/h3-8H,1-2H3/b5-3+,6-4+. The van der Waals surface area contributed by atoms with Gasteiger partial charge in [0, 0.05) is 12.2 Å². The maximum absolute atomic E-state index is 12.2. The summed E-state index contributed by atoms with van der Waals surface area (Å²) in [6, 6.07) is 2.33. The van der Waals surface area contributed by atoms with Crippen molar-refractivity contribution in [2.75, 3.05) is 14.2 Å². The molecule has 0 aromatic heterocycles. The van der Waals surface area contributed by atoms with E-state index in [0.717, 1.165) is 12.1 Å². The van der Waals surface area contributed by atoms with Crippen molar-refractivity contribution >= 4 is 12.2 Å². The Bertz CT molecular complexity index is 519. The van der Waals surface area contributed by atoms with Gasteiger partial charge in [-0.15, -0.1) is 0 Å². The number of halogens is 6. The molecule has 22 heavy (non-hydrogen) atoms. The highest BCUT2D eigenvalue weighted by Gasteiger charge is 2.24. The average molecular weight is 326 g/mol. The van der Waals surface area contributed by atoms with Crippen molar-refractivity contribution in [2.45, 2.75) is 12.4 Å². The van der Waals surface area contributed by atoms with Gasteiger partial charge in [-0.1, -0.05) is 0 Å². The van der Waals surface area contributed by atoms with E-state index >= 15 is 0 Å². The minimum absolute atomic E-state index is 0.0703. The summed E-state index contributed by atoms with van der Waals surface area (Å²) in [6.45, 7) is 0. The molecule has 8 heteroatoms. The first kappa shape index (κ1) is 17.9. The first-order valence-corrected chi connectivity index (χ1v) is 5.83. The normalized spacial score (nSPS) is 13.1. The molecule has 0 aliphatic rings. The van der Waals surface area contributed by atoms with E-state index in [4.69, 9.17) is 9.47 Å². The van der Waals surface area contributed by atoms with Gasteiger partial charge in [-0.2, -0.15) is 26.3 Å². The van der Waals surface area contributed by atoms with Crippen LogP contribution in [0.4, 0.5) is 26.3 Å². The Morgan fingerprint density at radius 1 is 0.727 bits per heavy atom. The van der Waals surface area contributed by atoms with E-state index in [1.807, 2.05) is 0 Å². The quantitative estimate of drug-likeness (QED) is 0.736. The van der Waals surface area contributed by atoms with Gasteiger partial charge in [-0.25, -0.2) is 0 Å². The first-order valence-electron chi connectivity index (χ1n) is 5.83. The fourth-order valence-corrected chi connectivity index (χ4v) is 1.57. The van der Waals surface area contributed by atoms with Crippen LogP contribution in [0.2, 0.25) is 0 Å². The smallest absolute Gasteiger partial charge is 0.409 e. The van der Waals surface area contributed by atoms with Crippen LogP contribution in [0.1, 0.15) is 11.1 Å². The number of benzene rings is 1. The van der Waals surface area contributed by atoms with Crippen molar-refractivity contribution < 1.29 is 35.8 Å². The zero-order valence-corrected chi connectivity index (χ0v) is 11.5. The van der Waals surface area contributed by atoms with Crippen LogP contribution in [0, 0.1) is 0 Å². The molecule has 0 aliphatic heterocycles. The van der Waals surface area contributed by atoms with Crippen molar-refractivity contribution in [1.29, 1.82) is 0 Å². The summed E-state index contributed by atoms with van der Waals surface area (Å²) in [6.07, 6.45) is -7.98. The van der Waals surface area contributed by atoms with Gasteiger partial charge in [-0.05, 0) is 35.4 Å². The lowest BCUT2D eigenvalue weighted by Gasteiger charge is -2.11. The molecule has 0 unspecified atom stereocenters. The molecule has 0 saturated heterocycles.